The molecule has 1 unspecified atom stereocenters. The maximum absolute atomic E-state index is 13.5. The Balaban J connectivity index is 1.63. The highest BCUT2D eigenvalue weighted by Crippen LogP contribution is 2.39. The van der Waals surface area contributed by atoms with Crippen LogP contribution < -0.4 is 4.74 Å². The van der Waals surface area contributed by atoms with Crippen LogP contribution in [0.2, 0.25) is 0 Å². The number of nitrogens with zero attached hydrogens (tertiary/aromatic N) is 1. The van der Waals surface area contributed by atoms with Crippen LogP contribution in [0.3, 0.4) is 0 Å². The molecule has 1 aliphatic heterocycles. The molecule has 6 nitrogen and oxygen atoms in total. The van der Waals surface area contributed by atoms with Gasteiger partial charge in [-0.3, -0.25) is 9.59 Å². The Hall–Kier alpha value is -3.97. The van der Waals surface area contributed by atoms with Crippen LogP contribution in [0.5, 0.6) is 5.75 Å². The van der Waals surface area contributed by atoms with E-state index in [-0.39, 0.29) is 24.5 Å². The first-order chi connectivity index (χ1) is 16.9. The van der Waals surface area contributed by atoms with Crippen molar-refractivity contribution >= 4 is 17.4 Å². The fourth-order valence-electron chi connectivity index (χ4n) is 4.13. The number of methoxy groups -OCH3 is 1. The van der Waals surface area contributed by atoms with Crippen molar-refractivity contribution < 1.29 is 28.6 Å². The number of likely N-dealkylation sites (tertiary alicyclic amines) is 1. The average Bonchev–Trinajstić information content (AvgIpc) is 3.11. The maximum atomic E-state index is 13.5. The van der Waals surface area contributed by atoms with E-state index in [2.05, 4.69) is 0 Å². The van der Waals surface area contributed by atoms with Crippen molar-refractivity contribution in [2.45, 2.75) is 19.6 Å². The van der Waals surface area contributed by atoms with Gasteiger partial charge in [-0.1, -0.05) is 42.0 Å². The molecule has 35 heavy (non-hydrogen) atoms. The van der Waals surface area contributed by atoms with Crippen LogP contribution in [0.15, 0.2) is 78.4 Å². The smallest absolute Gasteiger partial charge is 0.295 e. The molecule has 180 valence electrons. The zero-order valence-electron chi connectivity index (χ0n) is 19.5. The molecule has 3 aromatic carbocycles. The lowest BCUT2D eigenvalue weighted by Crippen LogP contribution is -2.32. The summed E-state index contributed by atoms with van der Waals surface area (Å²) in [6, 6.07) is 19.3. The highest BCUT2D eigenvalue weighted by Gasteiger charge is 2.45. The van der Waals surface area contributed by atoms with Gasteiger partial charge in [0.25, 0.3) is 11.7 Å². The van der Waals surface area contributed by atoms with Gasteiger partial charge in [0.2, 0.25) is 0 Å². The number of ether oxygens (including phenoxy) is 2. The van der Waals surface area contributed by atoms with E-state index in [4.69, 9.17) is 9.47 Å². The van der Waals surface area contributed by atoms with Crippen LogP contribution in [0.25, 0.3) is 5.76 Å². The number of hydrogen-bond donors (Lipinski definition) is 1. The molecule has 0 bridgehead atoms. The number of aliphatic hydroxyl groups excluding tert-OH is 1. The Morgan fingerprint density at radius 2 is 1.74 bits per heavy atom. The Bertz CT molecular complexity index is 1250. The average molecular weight is 476 g/mol. The number of halogens is 1. The molecule has 1 fully saturated rings. The monoisotopic (exact) mass is 475 g/mol. The fraction of sp³-hybridized carbons (Fsp3) is 0.214. The van der Waals surface area contributed by atoms with Crippen molar-refractivity contribution in [3.8, 4) is 5.75 Å². The third kappa shape index (κ3) is 5.25. The number of Topliss-reactive ketones (excluding diaryl/α,β-unsaturated/α-hetero) is 1. The summed E-state index contributed by atoms with van der Waals surface area (Å²) in [4.78, 5) is 27.1. The van der Waals surface area contributed by atoms with Gasteiger partial charge in [0, 0.05) is 19.2 Å². The normalized spacial score (nSPS) is 17.1. The second-order valence-electron chi connectivity index (χ2n) is 8.34. The van der Waals surface area contributed by atoms with Crippen LogP contribution in [0, 0.1) is 12.7 Å². The van der Waals surface area contributed by atoms with Gasteiger partial charge in [-0.15, -0.1) is 0 Å². The molecule has 1 N–H and O–H groups in total. The third-order valence-corrected chi connectivity index (χ3v) is 5.88. The molecule has 1 atom stereocenters. The van der Waals surface area contributed by atoms with Crippen LogP contribution >= 0.6 is 0 Å². The first kappa shape index (κ1) is 24.2. The van der Waals surface area contributed by atoms with Gasteiger partial charge in [-0.05, 0) is 54.4 Å². The largest absolute Gasteiger partial charge is 0.507 e. The highest BCUT2D eigenvalue weighted by molar-refractivity contribution is 6.46. The number of carbonyl (C=O) groups is 2. The lowest BCUT2D eigenvalue weighted by Gasteiger charge is -2.25. The number of aryl methyl sites for hydroxylation is 1. The summed E-state index contributed by atoms with van der Waals surface area (Å²) in [5.41, 5.74) is 3.01. The zero-order valence-corrected chi connectivity index (χ0v) is 19.5. The van der Waals surface area contributed by atoms with E-state index in [0.29, 0.717) is 23.5 Å². The predicted octanol–water partition coefficient (Wildman–Crippen LogP) is 4.78. The number of aliphatic hydroxyl groups is 1. The van der Waals surface area contributed by atoms with Gasteiger partial charge in [0.05, 0.1) is 18.2 Å². The minimum absolute atomic E-state index is 0.0499. The summed E-state index contributed by atoms with van der Waals surface area (Å²) in [6.45, 7) is 2.75. The van der Waals surface area contributed by atoms with E-state index in [1.807, 2.05) is 31.2 Å². The van der Waals surface area contributed by atoms with E-state index < -0.39 is 23.5 Å². The molecule has 0 aromatic heterocycles. The molecule has 1 amide bonds. The summed E-state index contributed by atoms with van der Waals surface area (Å²) in [5, 5.41) is 11.1. The minimum Gasteiger partial charge on any atom is -0.507 e. The quantitative estimate of drug-likeness (QED) is 0.288. The SMILES string of the molecule is COCCN1C(=O)C(=O)/C(=C(/O)c2ccc(OCc3cccc(C)c3)cc2)C1c1ccc(F)cc1. The van der Waals surface area contributed by atoms with Crippen molar-refractivity contribution in [1.29, 1.82) is 0 Å². The van der Waals surface area contributed by atoms with Crippen LogP contribution in [-0.2, 0) is 20.9 Å². The molecule has 4 rings (SSSR count). The summed E-state index contributed by atoms with van der Waals surface area (Å²) >= 11 is 0. The second kappa shape index (κ2) is 10.5. The van der Waals surface area contributed by atoms with Gasteiger partial charge in [-0.2, -0.15) is 0 Å². The summed E-state index contributed by atoms with van der Waals surface area (Å²) in [6.07, 6.45) is 0. The van der Waals surface area contributed by atoms with Crippen LogP contribution in [-0.4, -0.2) is 42.0 Å². The van der Waals surface area contributed by atoms with E-state index in [1.54, 1.807) is 24.3 Å². The standard InChI is InChI=1S/C28H26FNO5/c1-18-4-3-5-19(16-18)17-35-23-12-8-21(9-13-23)26(31)24-25(20-6-10-22(29)11-7-20)30(14-15-34-2)28(33)27(24)32/h3-13,16,25,31H,14-15,17H2,1-2H3/b26-24+. The van der Waals surface area contributed by atoms with Crippen molar-refractivity contribution in [3.63, 3.8) is 0 Å². The number of rotatable bonds is 8. The molecule has 1 saturated heterocycles. The minimum atomic E-state index is -0.858. The number of ketones is 1. The molecule has 3 aromatic rings. The van der Waals surface area contributed by atoms with Crippen molar-refractivity contribution in [2.24, 2.45) is 0 Å². The van der Waals surface area contributed by atoms with E-state index in [1.165, 1.54) is 36.3 Å². The summed E-state index contributed by atoms with van der Waals surface area (Å²) in [5.74, 6) is -1.69. The van der Waals surface area contributed by atoms with Gasteiger partial charge >= 0.3 is 0 Å². The molecule has 0 radical (unpaired) electrons. The zero-order chi connectivity index (χ0) is 24.9. The Morgan fingerprint density at radius 1 is 1.03 bits per heavy atom. The molecule has 1 aliphatic rings. The first-order valence-corrected chi connectivity index (χ1v) is 11.2. The van der Waals surface area contributed by atoms with Crippen molar-refractivity contribution in [3.05, 3.63) is 106 Å². The van der Waals surface area contributed by atoms with Gasteiger partial charge < -0.3 is 19.5 Å². The van der Waals surface area contributed by atoms with Crippen molar-refractivity contribution in [2.75, 3.05) is 20.3 Å². The molecule has 1 heterocycles. The molecule has 0 spiro atoms. The number of amides is 1. The molecular weight excluding hydrogens is 449 g/mol. The Labute approximate surface area is 203 Å². The predicted molar refractivity (Wildman–Crippen MR) is 129 cm³/mol. The summed E-state index contributed by atoms with van der Waals surface area (Å²) < 4.78 is 24.5. The van der Waals surface area contributed by atoms with Crippen LogP contribution in [0.1, 0.15) is 28.3 Å². The van der Waals surface area contributed by atoms with E-state index in [9.17, 15) is 19.1 Å². The van der Waals surface area contributed by atoms with E-state index in [0.717, 1.165) is 11.1 Å². The topological polar surface area (TPSA) is 76.1 Å². The highest BCUT2D eigenvalue weighted by atomic mass is 19.1. The number of carbonyl (C=O) groups excluding carboxylic acids is 2. The lowest BCUT2D eigenvalue weighted by atomic mass is 9.95. The Morgan fingerprint density at radius 3 is 2.40 bits per heavy atom. The molecule has 0 aliphatic carbocycles. The second-order valence-corrected chi connectivity index (χ2v) is 8.34. The maximum Gasteiger partial charge on any atom is 0.295 e. The Kier molecular flexibility index (Phi) is 7.27. The molecular formula is C28H26FNO5. The van der Waals surface area contributed by atoms with Gasteiger partial charge in [-0.25, -0.2) is 4.39 Å². The summed E-state index contributed by atoms with van der Waals surface area (Å²) in [7, 11) is 1.49. The van der Waals surface area contributed by atoms with Crippen LogP contribution in [0.4, 0.5) is 4.39 Å². The fourth-order valence-corrected chi connectivity index (χ4v) is 4.13. The molecule has 0 saturated carbocycles. The van der Waals surface area contributed by atoms with Gasteiger partial charge in [0.1, 0.15) is 23.9 Å². The molecule has 7 heteroatoms. The number of benzene rings is 3. The third-order valence-electron chi connectivity index (χ3n) is 5.88. The van der Waals surface area contributed by atoms with Gasteiger partial charge in [0.15, 0.2) is 0 Å². The van der Waals surface area contributed by atoms with E-state index >= 15 is 0 Å². The first-order valence-electron chi connectivity index (χ1n) is 11.2. The lowest BCUT2D eigenvalue weighted by molar-refractivity contribution is -0.140. The number of hydrogen-bond acceptors (Lipinski definition) is 5. The van der Waals surface area contributed by atoms with Crippen molar-refractivity contribution in [1.82, 2.24) is 4.90 Å².